The van der Waals surface area contributed by atoms with Crippen LogP contribution < -0.4 is 10.1 Å². The molecule has 0 radical (unpaired) electrons. The maximum Gasteiger partial charge on any atom is 0.254 e. The van der Waals surface area contributed by atoms with E-state index in [1.807, 2.05) is 11.6 Å². The first-order valence-electron chi connectivity index (χ1n) is 8.06. The number of carbonyl (C=O) groups excluding carboxylic acids is 1. The lowest BCUT2D eigenvalue weighted by Gasteiger charge is -2.24. The first-order valence-corrected chi connectivity index (χ1v) is 8.06. The van der Waals surface area contributed by atoms with E-state index in [1.54, 1.807) is 44.5 Å². The van der Waals surface area contributed by atoms with E-state index in [9.17, 15) is 9.90 Å². The molecule has 2 rings (SSSR count). The summed E-state index contributed by atoms with van der Waals surface area (Å²) < 4.78 is 6.93. The first-order chi connectivity index (χ1) is 11.4. The van der Waals surface area contributed by atoms with E-state index in [0.717, 1.165) is 24.4 Å². The van der Waals surface area contributed by atoms with Gasteiger partial charge in [0.25, 0.3) is 5.91 Å². The third kappa shape index (κ3) is 3.94. The fraction of sp³-hybridized carbons (Fsp3) is 0.444. The van der Waals surface area contributed by atoms with Gasteiger partial charge in [-0.3, -0.25) is 9.48 Å². The monoisotopic (exact) mass is 331 g/mol. The Hall–Kier alpha value is -2.34. The van der Waals surface area contributed by atoms with E-state index in [4.69, 9.17) is 4.74 Å². The smallest absolute Gasteiger partial charge is 0.254 e. The molecule has 1 atom stereocenters. The predicted molar refractivity (Wildman–Crippen MR) is 92.2 cm³/mol. The summed E-state index contributed by atoms with van der Waals surface area (Å²) in [7, 11) is 1.59. The highest BCUT2D eigenvalue weighted by atomic mass is 16.5. The van der Waals surface area contributed by atoms with Gasteiger partial charge in [0.15, 0.2) is 0 Å². The van der Waals surface area contributed by atoms with Gasteiger partial charge < -0.3 is 15.2 Å². The molecular weight excluding hydrogens is 306 g/mol. The summed E-state index contributed by atoms with van der Waals surface area (Å²) in [6.07, 6.45) is 2.53. The van der Waals surface area contributed by atoms with E-state index in [2.05, 4.69) is 17.3 Å². The first kappa shape index (κ1) is 18.0. The molecule has 0 saturated heterocycles. The molecule has 0 spiro atoms. The van der Waals surface area contributed by atoms with Crippen LogP contribution >= 0.6 is 0 Å². The minimum absolute atomic E-state index is 0.108. The zero-order valence-corrected chi connectivity index (χ0v) is 14.7. The Kier molecular flexibility index (Phi) is 5.62. The molecule has 1 amide bonds. The van der Waals surface area contributed by atoms with Crippen molar-refractivity contribution in [1.82, 2.24) is 15.1 Å². The van der Waals surface area contributed by atoms with Crippen molar-refractivity contribution in [3.63, 3.8) is 0 Å². The fourth-order valence-corrected chi connectivity index (χ4v) is 2.51. The number of hydrogen-bond donors (Lipinski definition) is 2. The minimum atomic E-state index is -1.17. The van der Waals surface area contributed by atoms with Gasteiger partial charge >= 0.3 is 0 Å². The van der Waals surface area contributed by atoms with Crippen LogP contribution in [0.1, 0.15) is 41.9 Å². The number of ether oxygens (including phenoxy) is 1. The second kappa shape index (κ2) is 7.49. The molecule has 1 heterocycles. The summed E-state index contributed by atoms with van der Waals surface area (Å²) in [6.45, 7) is 6.49. The number of methoxy groups -OCH3 is 1. The van der Waals surface area contributed by atoms with Crippen LogP contribution in [0.15, 0.2) is 30.5 Å². The SMILES string of the molecule is CCCn1ncc(C(=O)NC[C@](C)(O)c2ccc(OC)cc2)c1C. The van der Waals surface area contributed by atoms with Crippen LogP contribution in [-0.4, -0.2) is 34.4 Å². The topological polar surface area (TPSA) is 76.4 Å². The van der Waals surface area contributed by atoms with Gasteiger partial charge in [0.1, 0.15) is 11.4 Å². The molecule has 0 saturated carbocycles. The highest BCUT2D eigenvalue weighted by Crippen LogP contribution is 2.22. The average Bonchev–Trinajstić information content (AvgIpc) is 2.94. The van der Waals surface area contributed by atoms with Crippen molar-refractivity contribution < 1.29 is 14.6 Å². The van der Waals surface area contributed by atoms with Crippen molar-refractivity contribution >= 4 is 5.91 Å². The lowest BCUT2D eigenvalue weighted by Crippen LogP contribution is -2.38. The Labute approximate surface area is 142 Å². The quantitative estimate of drug-likeness (QED) is 0.816. The number of nitrogens with zero attached hydrogens (tertiary/aromatic N) is 2. The molecular formula is C18H25N3O3. The third-order valence-corrected chi connectivity index (χ3v) is 4.09. The number of hydrogen-bond acceptors (Lipinski definition) is 4. The van der Waals surface area contributed by atoms with Gasteiger partial charge in [-0.15, -0.1) is 0 Å². The number of amides is 1. The maximum atomic E-state index is 12.4. The summed E-state index contributed by atoms with van der Waals surface area (Å²) in [4.78, 5) is 12.4. The normalized spacial score (nSPS) is 13.4. The molecule has 0 bridgehead atoms. The molecule has 0 aliphatic rings. The van der Waals surface area contributed by atoms with E-state index in [1.165, 1.54) is 0 Å². The lowest BCUT2D eigenvalue weighted by atomic mass is 9.96. The number of rotatable bonds is 7. The van der Waals surface area contributed by atoms with Crippen LogP contribution in [0, 0.1) is 6.92 Å². The van der Waals surface area contributed by atoms with Crippen LogP contribution in [0.4, 0.5) is 0 Å². The maximum absolute atomic E-state index is 12.4. The predicted octanol–water partition coefficient (Wildman–Crippen LogP) is 2.25. The second-order valence-corrected chi connectivity index (χ2v) is 6.05. The molecule has 0 unspecified atom stereocenters. The minimum Gasteiger partial charge on any atom is -0.497 e. The Bertz CT molecular complexity index is 690. The molecule has 6 nitrogen and oxygen atoms in total. The van der Waals surface area contributed by atoms with Crippen molar-refractivity contribution in [3.05, 3.63) is 47.3 Å². The number of nitrogens with one attached hydrogen (secondary N) is 1. The molecule has 2 aromatic rings. The van der Waals surface area contributed by atoms with Gasteiger partial charge in [0.2, 0.25) is 0 Å². The molecule has 1 aromatic carbocycles. The van der Waals surface area contributed by atoms with Crippen molar-refractivity contribution in [2.45, 2.75) is 39.3 Å². The van der Waals surface area contributed by atoms with Crippen molar-refractivity contribution in [2.75, 3.05) is 13.7 Å². The van der Waals surface area contributed by atoms with Crippen molar-refractivity contribution in [2.24, 2.45) is 0 Å². The van der Waals surface area contributed by atoms with Crippen molar-refractivity contribution in [1.29, 1.82) is 0 Å². The van der Waals surface area contributed by atoms with Crippen molar-refractivity contribution in [3.8, 4) is 5.75 Å². The number of aliphatic hydroxyl groups is 1. The van der Waals surface area contributed by atoms with Gasteiger partial charge in [-0.05, 0) is 38.0 Å². The fourth-order valence-electron chi connectivity index (χ4n) is 2.51. The molecule has 0 aliphatic heterocycles. The summed E-state index contributed by atoms with van der Waals surface area (Å²) >= 11 is 0. The molecule has 0 fully saturated rings. The lowest BCUT2D eigenvalue weighted by molar-refractivity contribution is 0.0526. The Morgan fingerprint density at radius 3 is 2.62 bits per heavy atom. The van der Waals surface area contributed by atoms with Crippen LogP contribution in [0.2, 0.25) is 0 Å². The standard InChI is InChI=1S/C18H25N3O3/c1-5-10-21-13(2)16(11-20-21)17(22)19-12-18(3,23)14-6-8-15(24-4)9-7-14/h6-9,11,23H,5,10,12H2,1-4H3,(H,19,22)/t18-/m0/s1. The molecule has 24 heavy (non-hydrogen) atoms. The third-order valence-electron chi connectivity index (χ3n) is 4.09. The van der Waals surface area contributed by atoms with E-state index < -0.39 is 5.60 Å². The van der Waals surface area contributed by atoms with Gasteiger partial charge in [0, 0.05) is 12.2 Å². The van der Waals surface area contributed by atoms with Gasteiger partial charge in [0.05, 0.1) is 25.4 Å². The molecule has 130 valence electrons. The second-order valence-electron chi connectivity index (χ2n) is 6.05. The number of aromatic nitrogens is 2. The molecule has 1 aromatic heterocycles. The van der Waals surface area contributed by atoms with Gasteiger partial charge in [-0.1, -0.05) is 19.1 Å². The Balaban J connectivity index is 2.04. The van der Waals surface area contributed by atoms with Crippen LogP contribution in [0.25, 0.3) is 0 Å². The zero-order chi connectivity index (χ0) is 17.7. The average molecular weight is 331 g/mol. The van der Waals surface area contributed by atoms with Crippen LogP contribution in [-0.2, 0) is 12.1 Å². The summed E-state index contributed by atoms with van der Waals surface area (Å²) in [5.74, 6) is 0.487. The van der Waals surface area contributed by atoms with E-state index in [0.29, 0.717) is 11.1 Å². The molecule has 2 N–H and O–H groups in total. The molecule has 6 heteroatoms. The highest BCUT2D eigenvalue weighted by Gasteiger charge is 2.25. The van der Waals surface area contributed by atoms with Gasteiger partial charge in [-0.2, -0.15) is 5.10 Å². The number of aryl methyl sites for hydroxylation is 1. The summed E-state index contributed by atoms with van der Waals surface area (Å²) in [5.41, 5.74) is 0.907. The summed E-state index contributed by atoms with van der Waals surface area (Å²) in [6, 6.07) is 7.14. The largest absolute Gasteiger partial charge is 0.497 e. The Morgan fingerprint density at radius 1 is 1.38 bits per heavy atom. The van der Waals surface area contributed by atoms with E-state index >= 15 is 0 Å². The highest BCUT2D eigenvalue weighted by molar-refractivity contribution is 5.95. The zero-order valence-electron chi connectivity index (χ0n) is 14.7. The molecule has 0 aliphatic carbocycles. The van der Waals surface area contributed by atoms with Crippen LogP contribution in [0.5, 0.6) is 5.75 Å². The van der Waals surface area contributed by atoms with E-state index in [-0.39, 0.29) is 12.5 Å². The van der Waals surface area contributed by atoms with Gasteiger partial charge in [-0.25, -0.2) is 0 Å². The summed E-state index contributed by atoms with van der Waals surface area (Å²) in [5, 5.41) is 17.6. The Morgan fingerprint density at radius 2 is 2.04 bits per heavy atom. The van der Waals surface area contributed by atoms with Crippen LogP contribution in [0.3, 0.4) is 0 Å². The number of carbonyl (C=O) groups is 1. The number of benzene rings is 1.